The maximum absolute atomic E-state index is 12.2. The van der Waals surface area contributed by atoms with Crippen molar-refractivity contribution in [1.82, 2.24) is 20.3 Å². The number of nitrogens with one attached hydrogen (secondary N) is 2. The van der Waals surface area contributed by atoms with Crippen molar-refractivity contribution >= 4 is 11.9 Å². The Morgan fingerprint density at radius 2 is 2.33 bits per heavy atom. The molecule has 0 radical (unpaired) electrons. The molecule has 2 aromatic rings. The van der Waals surface area contributed by atoms with E-state index in [4.69, 9.17) is 5.73 Å². The lowest BCUT2D eigenvalue weighted by molar-refractivity contribution is 0.0942. The van der Waals surface area contributed by atoms with Crippen LogP contribution in [-0.4, -0.2) is 27.4 Å². The predicted molar refractivity (Wildman–Crippen MR) is 94.4 cm³/mol. The normalized spacial score (nSPS) is 17.6. The molecule has 2 aromatic heterocycles. The molecule has 1 aliphatic heterocycles. The van der Waals surface area contributed by atoms with Crippen LogP contribution in [0, 0.1) is 0 Å². The molecule has 122 valence electrons. The van der Waals surface area contributed by atoms with E-state index < -0.39 is 0 Å². The first-order valence-electron chi connectivity index (χ1n) is 7.69. The van der Waals surface area contributed by atoms with Gasteiger partial charge in [-0.25, -0.2) is 9.97 Å². The number of H-pyrrole nitrogens is 1. The van der Waals surface area contributed by atoms with E-state index in [0.29, 0.717) is 17.8 Å². The third-order valence-electron chi connectivity index (χ3n) is 3.93. The smallest absolute Gasteiger partial charge is 0.253 e. The van der Waals surface area contributed by atoms with Crippen molar-refractivity contribution in [3.8, 4) is 11.4 Å². The van der Waals surface area contributed by atoms with Crippen LogP contribution in [-0.2, 0) is 0 Å². The maximum Gasteiger partial charge on any atom is 0.253 e. The first kappa shape index (κ1) is 15.7. The molecule has 1 aliphatic rings. The number of rotatable bonds is 4. The van der Waals surface area contributed by atoms with E-state index in [1.165, 1.54) is 0 Å². The van der Waals surface area contributed by atoms with E-state index in [0.717, 1.165) is 17.0 Å². The molecule has 0 bridgehead atoms. The number of anilines is 1. The summed E-state index contributed by atoms with van der Waals surface area (Å²) in [5.74, 6) is 0.131. The van der Waals surface area contributed by atoms with Crippen LogP contribution in [0.3, 0.4) is 0 Å². The molecule has 3 heterocycles. The molecule has 6 nitrogen and oxygen atoms in total. The van der Waals surface area contributed by atoms with E-state index in [1.807, 2.05) is 25.2 Å². The minimum absolute atomic E-state index is 0.0276. The highest BCUT2D eigenvalue weighted by Gasteiger charge is 2.29. The van der Waals surface area contributed by atoms with Gasteiger partial charge in [-0.15, -0.1) is 0 Å². The van der Waals surface area contributed by atoms with Crippen molar-refractivity contribution in [2.75, 3.05) is 12.3 Å². The number of aromatic amines is 1. The van der Waals surface area contributed by atoms with Gasteiger partial charge in [-0.3, -0.25) is 4.79 Å². The lowest BCUT2D eigenvalue weighted by Crippen LogP contribution is -2.35. The molecule has 0 aliphatic carbocycles. The molecule has 6 heteroatoms. The standard InChI is InChI=1S/C18H19N5O/c1-3-5-11(6-4-2)13-10-21-17(24)12-9-15(22-16(12)13)14-7-8-20-18(19)23-14/h3-9,13,22H,1,10H2,2H3,(H,21,24)(H2,19,20,23)/b6-4-,11-5+. The topological polar surface area (TPSA) is 96.7 Å². The van der Waals surface area contributed by atoms with Crippen molar-refractivity contribution in [2.45, 2.75) is 12.8 Å². The molecule has 0 aromatic carbocycles. The highest BCUT2D eigenvalue weighted by molar-refractivity contribution is 5.98. The van der Waals surface area contributed by atoms with Crippen LogP contribution in [0.4, 0.5) is 5.95 Å². The van der Waals surface area contributed by atoms with E-state index in [1.54, 1.807) is 24.4 Å². The zero-order valence-corrected chi connectivity index (χ0v) is 13.4. The molecular weight excluding hydrogens is 302 g/mol. The van der Waals surface area contributed by atoms with Crippen molar-refractivity contribution in [2.24, 2.45) is 0 Å². The van der Waals surface area contributed by atoms with Gasteiger partial charge in [-0.1, -0.05) is 30.9 Å². The molecule has 1 atom stereocenters. The highest BCUT2D eigenvalue weighted by atomic mass is 16.1. The van der Waals surface area contributed by atoms with Gasteiger partial charge >= 0.3 is 0 Å². The summed E-state index contributed by atoms with van der Waals surface area (Å²) < 4.78 is 0. The fourth-order valence-corrected chi connectivity index (χ4v) is 2.89. The summed E-state index contributed by atoms with van der Waals surface area (Å²) in [6, 6.07) is 3.56. The lowest BCUT2D eigenvalue weighted by Gasteiger charge is -2.24. The van der Waals surface area contributed by atoms with Crippen LogP contribution in [0.1, 0.15) is 28.9 Å². The Hall–Kier alpha value is -3.15. The predicted octanol–water partition coefficient (Wildman–Crippen LogP) is 2.57. The lowest BCUT2D eigenvalue weighted by atomic mass is 9.89. The van der Waals surface area contributed by atoms with Gasteiger partial charge in [-0.2, -0.15) is 0 Å². The number of hydrogen-bond acceptors (Lipinski definition) is 4. The molecule has 0 saturated carbocycles. The monoisotopic (exact) mass is 321 g/mol. The van der Waals surface area contributed by atoms with E-state index in [9.17, 15) is 4.79 Å². The Bertz CT molecular complexity index is 847. The number of carbonyl (C=O) groups is 1. The molecule has 0 saturated heterocycles. The molecule has 24 heavy (non-hydrogen) atoms. The van der Waals surface area contributed by atoms with Crippen LogP contribution in [0.25, 0.3) is 11.4 Å². The quantitative estimate of drug-likeness (QED) is 0.754. The summed E-state index contributed by atoms with van der Waals surface area (Å²) in [7, 11) is 0. The average Bonchev–Trinajstić information content (AvgIpc) is 3.01. The first-order chi connectivity index (χ1) is 11.6. The number of allylic oxidation sites excluding steroid dienone is 4. The minimum Gasteiger partial charge on any atom is -0.368 e. The Morgan fingerprint density at radius 3 is 3.04 bits per heavy atom. The summed E-state index contributed by atoms with van der Waals surface area (Å²) in [5.41, 5.74) is 9.63. The van der Waals surface area contributed by atoms with Crippen molar-refractivity contribution in [1.29, 1.82) is 0 Å². The second-order valence-electron chi connectivity index (χ2n) is 5.48. The van der Waals surface area contributed by atoms with Crippen LogP contribution in [0.5, 0.6) is 0 Å². The Balaban J connectivity index is 2.09. The fraction of sp³-hybridized carbons (Fsp3) is 0.167. The van der Waals surface area contributed by atoms with Gasteiger partial charge in [0.2, 0.25) is 5.95 Å². The van der Waals surface area contributed by atoms with Crippen LogP contribution >= 0.6 is 0 Å². The summed E-state index contributed by atoms with van der Waals surface area (Å²) in [5, 5.41) is 2.94. The Morgan fingerprint density at radius 1 is 1.50 bits per heavy atom. The third-order valence-corrected chi connectivity index (χ3v) is 3.93. The second kappa shape index (κ2) is 6.54. The maximum atomic E-state index is 12.2. The van der Waals surface area contributed by atoms with Crippen molar-refractivity contribution in [3.05, 3.63) is 66.0 Å². The van der Waals surface area contributed by atoms with Crippen molar-refractivity contribution < 1.29 is 4.79 Å². The van der Waals surface area contributed by atoms with E-state index in [2.05, 4.69) is 26.8 Å². The van der Waals surface area contributed by atoms with E-state index in [-0.39, 0.29) is 17.8 Å². The van der Waals surface area contributed by atoms with Gasteiger partial charge in [0.15, 0.2) is 0 Å². The zero-order valence-electron chi connectivity index (χ0n) is 13.4. The van der Waals surface area contributed by atoms with Gasteiger partial charge in [0, 0.05) is 24.4 Å². The number of amides is 1. The average molecular weight is 321 g/mol. The molecule has 3 rings (SSSR count). The van der Waals surface area contributed by atoms with Gasteiger partial charge in [0.25, 0.3) is 5.91 Å². The fourth-order valence-electron chi connectivity index (χ4n) is 2.89. The van der Waals surface area contributed by atoms with Gasteiger partial charge in [0.1, 0.15) is 0 Å². The minimum atomic E-state index is -0.0933. The molecule has 0 fully saturated rings. The summed E-state index contributed by atoms with van der Waals surface area (Å²) in [4.78, 5) is 23.7. The summed E-state index contributed by atoms with van der Waals surface area (Å²) in [6.45, 7) is 6.26. The van der Waals surface area contributed by atoms with Crippen LogP contribution in [0.15, 0.2) is 54.8 Å². The molecule has 0 spiro atoms. The second-order valence-corrected chi connectivity index (χ2v) is 5.48. The number of nitrogens with zero attached hydrogens (tertiary/aromatic N) is 2. The Kier molecular flexibility index (Phi) is 4.29. The molecule has 4 N–H and O–H groups in total. The van der Waals surface area contributed by atoms with Crippen LogP contribution in [0.2, 0.25) is 0 Å². The Labute approximate surface area is 140 Å². The zero-order chi connectivity index (χ0) is 17.1. The number of carbonyl (C=O) groups excluding carboxylic acids is 1. The molecular formula is C18H19N5O. The number of nitrogen functional groups attached to an aromatic ring is 1. The summed E-state index contributed by atoms with van der Waals surface area (Å²) >= 11 is 0. The van der Waals surface area contributed by atoms with Gasteiger partial charge < -0.3 is 16.0 Å². The highest BCUT2D eigenvalue weighted by Crippen LogP contribution is 2.33. The van der Waals surface area contributed by atoms with Crippen molar-refractivity contribution in [3.63, 3.8) is 0 Å². The molecule has 1 amide bonds. The van der Waals surface area contributed by atoms with Gasteiger partial charge in [-0.05, 0) is 24.6 Å². The third kappa shape index (κ3) is 2.86. The SMILES string of the molecule is C=C/C=C(\C=C/C)C1CNC(=O)c2cc(-c3ccnc(N)n3)[nH]c21. The van der Waals surface area contributed by atoms with Crippen LogP contribution < -0.4 is 11.1 Å². The number of aromatic nitrogens is 3. The molecule has 1 unspecified atom stereocenters. The van der Waals surface area contributed by atoms with E-state index >= 15 is 0 Å². The first-order valence-corrected chi connectivity index (χ1v) is 7.69. The van der Waals surface area contributed by atoms with Gasteiger partial charge in [0.05, 0.1) is 17.0 Å². The largest absolute Gasteiger partial charge is 0.368 e. The number of nitrogens with two attached hydrogens (primary N) is 1. The summed E-state index contributed by atoms with van der Waals surface area (Å²) in [6.07, 6.45) is 9.30. The number of hydrogen-bond donors (Lipinski definition) is 3. The number of fused-ring (bicyclic) bond motifs is 1.